The van der Waals surface area contributed by atoms with Crippen molar-refractivity contribution in [3.63, 3.8) is 0 Å². The summed E-state index contributed by atoms with van der Waals surface area (Å²) >= 11 is 0. The molecule has 1 aromatic carbocycles. The van der Waals surface area contributed by atoms with Gasteiger partial charge in [-0.25, -0.2) is 0 Å². The number of nitrogens with one attached hydrogen (secondary N) is 1. The summed E-state index contributed by atoms with van der Waals surface area (Å²) in [6, 6.07) is 4.72. The number of carbonyl (C=O) groups excluding carboxylic acids is 1. The zero-order valence-electron chi connectivity index (χ0n) is 11.2. The molecule has 0 saturated carbocycles. The van der Waals surface area contributed by atoms with Crippen molar-refractivity contribution in [3.05, 3.63) is 35.4 Å². The Hall–Kier alpha value is -1.60. The van der Waals surface area contributed by atoms with Crippen molar-refractivity contribution in [2.24, 2.45) is 0 Å². The number of amides is 1. The molecule has 1 rings (SSSR count). The number of alkyl halides is 3. The van der Waals surface area contributed by atoms with Crippen molar-refractivity contribution >= 4 is 5.91 Å². The molecule has 7 N–H and O–H groups in total. The van der Waals surface area contributed by atoms with Crippen LogP contribution < -0.4 is 16.8 Å². The summed E-state index contributed by atoms with van der Waals surface area (Å²) in [4.78, 5) is 11.8. The molecule has 0 unspecified atom stereocenters. The van der Waals surface area contributed by atoms with Gasteiger partial charge in [0.05, 0.1) is 24.2 Å². The third kappa shape index (κ3) is 4.82. The molecule has 0 spiro atoms. The average Bonchev–Trinajstić information content (AvgIpc) is 2.41. The third-order valence-electron chi connectivity index (χ3n) is 2.89. The Kier molecular flexibility index (Phi) is 5.97. The fourth-order valence-corrected chi connectivity index (χ4v) is 1.80. The molecule has 0 radical (unpaired) electrons. The van der Waals surface area contributed by atoms with Crippen molar-refractivity contribution in [3.8, 4) is 0 Å². The Morgan fingerprint density at radius 1 is 1.30 bits per heavy atom. The molecule has 0 aliphatic carbocycles. The van der Waals surface area contributed by atoms with Gasteiger partial charge in [-0.05, 0) is 12.1 Å². The molecule has 0 aromatic heterocycles. The van der Waals surface area contributed by atoms with Gasteiger partial charge in [0.2, 0.25) is 0 Å². The van der Waals surface area contributed by atoms with E-state index in [0.29, 0.717) is 0 Å². The van der Waals surface area contributed by atoms with E-state index in [1.165, 1.54) is 18.2 Å². The van der Waals surface area contributed by atoms with Crippen LogP contribution in [0.3, 0.4) is 0 Å². The first-order valence-corrected chi connectivity index (χ1v) is 6.43. The molecule has 7 heteroatoms. The Bertz CT molecular complexity index is 449. The van der Waals surface area contributed by atoms with Crippen LogP contribution in [0.5, 0.6) is 0 Å². The fraction of sp³-hybridized carbons (Fsp3) is 0.462. The summed E-state index contributed by atoms with van der Waals surface area (Å²) in [7, 11) is 0. The molecular formula is C13H20F3N3O+2. The number of benzene rings is 1. The number of hydrogen-bond acceptors (Lipinski definition) is 1. The van der Waals surface area contributed by atoms with Crippen LogP contribution in [0, 0.1) is 0 Å². The van der Waals surface area contributed by atoms with Gasteiger partial charge in [-0.15, -0.1) is 0 Å². The van der Waals surface area contributed by atoms with Crippen LogP contribution in [-0.2, 0) is 6.18 Å². The predicted molar refractivity (Wildman–Crippen MR) is 67.4 cm³/mol. The van der Waals surface area contributed by atoms with Crippen molar-refractivity contribution in [2.75, 3.05) is 13.1 Å². The molecule has 0 aliphatic heterocycles. The molecule has 0 aliphatic rings. The van der Waals surface area contributed by atoms with Gasteiger partial charge >= 0.3 is 6.18 Å². The fourth-order valence-electron chi connectivity index (χ4n) is 1.80. The number of halogens is 3. The van der Waals surface area contributed by atoms with Gasteiger partial charge < -0.3 is 16.8 Å². The number of quaternary nitrogens is 2. The minimum absolute atomic E-state index is 0.0289. The maximum atomic E-state index is 12.8. The Morgan fingerprint density at radius 2 is 1.95 bits per heavy atom. The van der Waals surface area contributed by atoms with Gasteiger partial charge in [-0.3, -0.25) is 4.79 Å². The molecule has 0 fully saturated rings. The van der Waals surface area contributed by atoms with Gasteiger partial charge in [0, 0.05) is 12.8 Å². The van der Waals surface area contributed by atoms with E-state index < -0.39 is 17.6 Å². The van der Waals surface area contributed by atoms with Crippen LogP contribution in [0.2, 0.25) is 0 Å². The standard InChI is InChI=1S/C13H18F3N3O/c14-13(15,16)11-6-2-1-5-10(11)12(20)19-8-9(18)4-3-7-17/h1-2,5-6,9H,3-4,7-8,17-18H2,(H,19,20)/p+2/t9-/m0/s1. The van der Waals surface area contributed by atoms with Gasteiger partial charge in [0.25, 0.3) is 5.91 Å². The Morgan fingerprint density at radius 3 is 2.55 bits per heavy atom. The highest BCUT2D eigenvalue weighted by Crippen LogP contribution is 2.31. The summed E-state index contributed by atoms with van der Waals surface area (Å²) in [5, 5.41) is 2.50. The summed E-state index contributed by atoms with van der Waals surface area (Å²) in [5.74, 6) is -0.721. The molecule has 1 amide bonds. The smallest absolute Gasteiger partial charge is 0.358 e. The second-order valence-corrected chi connectivity index (χ2v) is 4.62. The molecular weight excluding hydrogens is 271 g/mol. The molecule has 0 saturated heterocycles. The van der Waals surface area contributed by atoms with Gasteiger partial charge in [-0.1, -0.05) is 12.1 Å². The summed E-state index contributed by atoms with van der Waals surface area (Å²) in [6.45, 7) is 1.03. The summed E-state index contributed by atoms with van der Waals surface area (Å²) in [5.41, 5.74) is 6.27. The zero-order chi connectivity index (χ0) is 15.2. The predicted octanol–water partition coefficient (Wildman–Crippen LogP) is 0.0678. The second kappa shape index (κ2) is 7.25. The minimum atomic E-state index is -4.54. The van der Waals surface area contributed by atoms with E-state index in [4.69, 9.17) is 0 Å². The van der Waals surface area contributed by atoms with Crippen molar-refractivity contribution in [1.82, 2.24) is 5.32 Å². The van der Waals surface area contributed by atoms with E-state index in [1.807, 2.05) is 0 Å². The molecule has 1 atom stereocenters. The molecule has 1 aromatic rings. The van der Waals surface area contributed by atoms with Gasteiger partial charge in [0.1, 0.15) is 6.04 Å². The lowest BCUT2D eigenvalue weighted by atomic mass is 10.1. The highest BCUT2D eigenvalue weighted by atomic mass is 19.4. The third-order valence-corrected chi connectivity index (χ3v) is 2.89. The lowest BCUT2D eigenvalue weighted by Gasteiger charge is -2.13. The van der Waals surface area contributed by atoms with E-state index in [-0.39, 0.29) is 18.2 Å². The zero-order valence-corrected chi connectivity index (χ0v) is 11.2. The van der Waals surface area contributed by atoms with E-state index in [9.17, 15) is 18.0 Å². The monoisotopic (exact) mass is 291 g/mol. The topological polar surface area (TPSA) is 84.4 Å². The van der Waals surface area contributed by atoms with Crippen molar-refractivity contribution in [1.29, 1.82) is 0 Å². The number of rotatable bonds is 6. The lowest BCUT2D eigenvalue weighted by Crippen LogP contribution is -2.65. The minimum Gasteiger partial charge on any atom is -0.358 e. The normalized spacial score (nSPS) is 13.1. The summed E-state index contributed by atoms with van der Waals surface area (Å²) in [6.07, 6.45) is -2.88. The lowest BCUT2D eigenvalue weighted by molar-refractivity contribution is -0.423. The first-order valence-electron chi connectivity index (χ1n) is 6.43. The second-order valence-electron chi connectivity index (χ2n) is 4.62. The first-order chi connectivity index (χ1) is 9.36. The molecule has 0 heterocycles. The maximum Gasteiger partial charge on any atom is 0.417 e. The molecule has 4 nitrogen and oxygen atoms in total. The number of carbonyl (C=O) groups is 1. The Balaban J connectivity index is 2.69. The van der Waals surface area contributed by atoms with Gasteiger partial charge in [-0.2, -0.15) is 13.2 Å². The first kappa shape index (κ1) is 16.5. The van der Waals surface area contributed by atoms with Crippen molar-refractivity contribution < 1.29 is 29.4 Å². The van der Waals surface area contributed by atoms with Gasteiger partial charge in [0.15, 0.2) is 0 Å². The molecule has 112 valence electrons. The quantitative estimate of drug-likeness (QED) is 0.681. The van der Waals surface area contributed by atoms with E-state index in [2.05, 4.69) is 16.8 Å². The Labute approximate surface area is 115 Å². The molecule has 20 heavy (non-hydrogen) atoms. The van der Waals surface area contributed by atoms with Crippen LogP contribution in [0.25, 0.3) is 0 Å². The van der Waals surface area contributed by atoms with Crippen LogP contribution in [0.15, 0.2) is 24.3 Å². The molecule has 0 bridgehead atoms. The van der Waals surface area contributed by atoms with E-state index >= 15 is 0 Å². The SMILES string of the molecule is [NH3+]CCC[C@H]([NH3+])CNC(=O)c1ccccc1C(F)(F)F. The number of hydrogen-bond donors (Lipinski definition) is 3. The van der Waals surface area contributed by atoms with E-state index in [0.717, 1.165) is 25.5 Å². The van der Waals surface area contributed by atoms with Crippen LogP contribution in [-0.4, -0.2) is 25.0 Å². The highest BCUT2D eigenvalue weighted by Gasteiger charge is 2.34. The average molecular weight is 291 g/mol. The summed E-state index contributed by atoms with van der Waals surface area (Å²) < 4.78 is 38.3. The maximum absolute atomic E-state index is 12.8. The van der Waals surface area contributed by atoms with Crippen LogP contribution in [0.1, 0.15) is 28.8 Å². The van der Waals surface area contributed by atoms with Crippen molar-refractivity contribution in [2.45, 2.75) is 25.1 Å². The van der Waals surface area contributed by atoms with E-state index in [1.54, 1.807) is 0 Å². The van der Waals surface area contributed by atoms with Crippen LogP contribution >= 0.6 is 0 Å². The van der Waals surface area contributed by atoms with Crippen LogP contribution in [0.4, 0.5) is 13.2 Å². The highest BCUT2D eigenvalue weighted by molar-refractivity contribution is 5.95. The largest absolute Gasteiger partial charge is 0.417 e.